The third kappa shape index (κ3) is 5.90. The van der Waals surface area contributed by atoms with E-state index in [2.05, 4.69) is 19.2 Å². The Bertz CT molecular complexity index is 576. The zero-order valence-electron chi connectivity index (χ0n) is 16.4. The van der Waals surface area contributed by atoms with Gasteiger partial charge < -0.3 is 20.5 Å². The second-order valence-electron chi connectivity index (χ2n) is 7.25. The molecule has 5 heteroatoms. The molecule has 3 N–H and O–H groups in total. The minimum absolute atomic E-state index is 0.0715. The normalized spacial score (nSPS) is 20.6. The van der Waals surface area contributed by atoms with Crippen LogP contribution >= 0.6 is 0 Å². The molecular formula is C21H34N2O3. The monoisotopic (exact) mass is 362 g/mol. The van der Waals surface area contributed by atoms with Crippen molar-refractivity contribution in [2.24, 2.45) is 11.7 Å². The van der Waals surface area contributed by atoms with E-state index in [1.807, 2.05) is 25.1 Å². The molecule has 0 saturated heterocycles. The predicted molar refractivity (Wildman–Crippen MR) is 105 cm³/mol. The molecule has 3 atom stereocenters. The second kappa shape index (κ2) is 10.4. The van der Waals surface area contributed by atoms with Gasteiger partial charge in [0.2, 0.25) is 5.91 Å². The van der Waals surface area contributed by atoms with E-state index in [-0.39, 0.29) is 18.0 Å². The molecule has 0 bridgehead atoms. The molecule has 1 amide bonds. The molecule has 0 spiro atoms. The maximum atomic E-state index is 12.4. The summed E-state index contributed by atoms with van der Waals surface area (Å²) in [6.45, 7) is 7.46. The van der Waals surface area contributed by atoms with Crippen LogP contribution in [0.25, 0.3) is 0 Å². The maximum Gasteiger partial charge on any atom is 0.220 e. The first-order chi connectivity index (χ1) is 12.5. The largest absolute Gasteiger partial charge is 0.490 e. The van der Waals surface area contributed by atoms with Gasteiger partial charge in [-0.1, -0.05) is 26.3 Å². The Labute approximate surface area is 157 Å². The quantitative estimate of drug-likeness (QED) is 0.661. The number of rotatable bonds is 10. The summed E-state index contributed by atoms with van der Waals surface area (Å²) in [5.74, 6) is 1.90. The summed E-state index contributed by atoms with van der Waals surface area (Å²) in [6, 6.07) is 6.00. The first kappa shape index (κ1) is 20.6. The number of hydrogen-bond acceptors (Lipinski definition) is 4. The Hall–Kier alpha value is -1.75. The summed E-state index contributed by atoms with van der Waals surface area (Å²) < 4.78 is 11.6. The molecule has 5 nitrogen and oxygen atoms in total. The average Bonchev–Trinajstić information content (AvgIpc) is 3.02. The lowest BCUT2D eigenvalue weighted by atomic mass is 9.99. The van der Waals surface area contributed by atoms with Gasteiger partial charge in [-0.3, -0.25) is 4.79 Å². The number of amides is 1. The van der Waals surface area contributed by atoms with E-state index in [1.165, 1.54) is 0 Å². The standard InChI is InChI=1S/C21H34N2O3/c1-4-11-25-19-10-9-16(13-20(19)26-12-5-2)15(3)23-21(24)14-17-7-6-8-18(17)22/h9-10,13,15,17-18H,4-8,11-12,14,22H2,1-3H3,(H,23,24)/t15?,17-,18+/m0/s1. The van der Waals surface area contributed by atoms with Crippen LogP contribution in [0.5, 0.6) is 11.5 Å². The second-order valence-corrected chi connectivity index (χ2v) is 7.25. The van der Waals surface area contributed by atoms with Crippen LogP contribution in [0.3, 0.4) is 0 Å². The Morgan fingerprint density at radius 1 is 1.19 bits per heavy atom. The first-order valence-corrected chi connectivity index (χ1v) is 9.99. The molecule has 1 saturated carbocycles. The molecular weight excluding hydrogens is 328 g/mol. The van der Waals surface area contributed by atoms with Crippen LogP contribution in [0.1, 0.15) is 70.9 Å². The zero-order chi connectivity index (χ0) is 18.9. The van der Waals surface area contributed by atoms with E-state index in [9.17, 15) is 4.79 Å². The number of nitrogens with two attached hydrogens (primary N) is 1. The van der Waals surface area contributed by atoms with E-state index in [1.54, 1.807) is 0 Å². The van der Waals surface area contributed by atoms with Crippen LogP contribution in [-0.4, -0.2) is 25.2 Å². The van der Waals surface area contributed by atoms with Crippen LogP contribution in [0.4, 0.5) is 0 Å². The molecule has 1 fully saturated rings. The highest BCUT2D eigenvalue weighted by atomic mass is 16.5. The van der Waals surface area contributed by atoms with Gasteiger partial charge in [0.25, 0.3) is 0 Å². The average molecular weight is 363 g/mol. The topological polar surface area (TPSA) is 73.6 Å². The van der Waals surface area contributed by atoms with Gasteiger partial charge in [-0.2, -0.15) is 0 Å². The highest BCUT2D eigenvalue weighted by molar-refractivity contribution is 5.76. The molecule has 1 unspecified atom stereocenters. The van der Waals surface area contributed by atoms with Crippen molar-refractivity contribution >= 4 is 5.91 Å². The fourth-order valence-electron chi connectivity index (χ4n) is 3.39. The fourth-order valence-corrected chi connectivity index (χ4v) is 3.39. The number of ether oxygens (including phenoxy) is 2. The van der Waals surface area contributed by atoms with Crippen molar-refractivity contribution in [1.82, 2.24) is 5.32 Å². The molecule has 1 aliphatic rings. The minimum atomic E-state index is -0.0793. The molecule has 0 aromatic heterocycles. The summed E-state index contributed by atoms with van der Waals surface area (Å²) >= 11 is 0. The molecule has 146 valence electrons. The van der Waals surface area contributed by atoms with Crippen molar-refractivity contribution in [2.75, 3.05) is 13.2 Å². The van der Waals surface area contributed by atoms with E-state index >= 15 is 0 Å². The molecule has 1 aromatic carbocycles. The highest BCUT2D eigenvalue weighted by Crippen LogP contribution is 2.31. The highest BCUT2D eigenvalue weighted by Gasteiger charge is 2.26. The van der Waals surface area contributed by atoms with Gasteiger partial charge in [-0.15, -0.1) is 0 Å². The molecule has 0 heterocycles. The number of carbonyl (C=O) groups is 1. The van der Waals surface area contributed by atoms with Gasteiger partial charge in [0, 0.05) is 12.5 Å². The van der Waals surface area contributed by atoms with Crippen LogP contribution in [0.2, 0.25) is 0 Å². The SMILES string of the molecule is CCCOc1ccc(C(C)NC(=O)C[C@@H]2CCC[C@H]2N)cc1OCCC. The molecule has 1 aliphatic carbocycles. The molecule has 0 radical (unpaired) electrons. The van der Waals surface area contributed by atoms with Crippen LogP contribution < -0.4 is 20.5 Å². The zero-order valence-corrected chi connectivity index (χ0v) is 16.4. The fraction of sp³-hybridized carbons (Fsp3) is 0.667. The van der Waals surface area contributed by atoms with Crippen LogP contribution in [-0.2, 0) is 4.79 Å². The lowest BCUT2D eigenvalue weighted by Crippen LogP contribution is -2.32. The molecule has 0 aliphatic heterocycles. The Morgan fingerprint density at radius 2 is 1.88 bits per heavy atom. The number of hydrogen-bond donors (Lipinski definition) is 2. The van der Waals surface area contributed by atoms with Crippen molar-refractivity contribution < 1.29 is 14.3 Å². The Kier molecular flexibility index (Phi) is 8.23. The maximum absolute atomic E-state index is 12.4. The molecule has 1 aromatic rings. The number of nitrogens with one attached hydrogen (secondary N) is 1. The lowest BCUT2D eigenvalue weighted by molar-refractivity contribution is -0.122. The summed E-state index contributed by atoms with van der Waals surface area (Å²) in [5, 5.41) is 3.10. The van der Waals surface area contributed by atoms with Crippen LogP contribution in [0.15, 0.2) is 18.2 Å². The van der Waals surface area contributed by atoms with Crippen molar-refractivity contribution in [3.8, 4) is 11.5 Å². The Morgan fingerprint density at radius 3 is 2.50 bits per heavy atom. The van der Waals surface area contributed by atoms with E-state index in [4.69, 9.17) is 15.2 Å². The van der Waals surface area contributed by atoms with Gasteiger partial charge in [0.15, 0.2) is 11.5 Å². The summed E-state index contributed by atoms with van der Waals surface area (Å²) in [5.41, 5.74) is 7.10. The Balaban J connectivity index is 1.99. The van der Waals surface area contributed by atoms with Gasteiger partial charge in [-0.05, 0) is 56.2 Å². The van der Waals surface area contributed by atoms with Crippen molar-refractivity contribution in [3.05, 3.63) is 23.8 Å². The van der Waals surface area contributed by atoms with Gasteiger partial charge in [0.1, 0.15) is 0 Å². The summed E-state index contributed by atoms with van der Waals surface area (Å²) in [4.78, 5) is 12.4. The van der Waals surface area contributed by atoms with Gasteiger partial charge in [-0.25, -0.2) is 0 Å². The predicted octanol–water partition coefficient (Wildman–Crippen LogP) is 3.96. The number of benzene rings is 1. The minimum Gasteiger partial charge on any atom is -0.490 e. The number of carbonyl (C=O) groups excluding carboxylic acids is 1. The third-order valence-corrected chi connectivity index (χ3v) is 4.93. The molecule has 26 heavy (non-hydrogen) atoms. The summed E-state index contributed by atoms with van der Waals surface area (Å²) in [6.07, 6.45) is 5.62. The van der Waals surface area contributed by atoms with Gasteiger partial charge >= 0.3 is 0 Å². The molecule has 2 rings (SSSR count). The van der Waals surface area contributed by atoms with Gasteiger partial charge in [0.05, 0.1) is 19.3 Å². The summed E-state index contributed by atoms with van der Waals surface area (Å²) in [7, 11) is 0. The first-order valence-electron chi connectivity index (χ1n) is 9.99. The van der Waals surface area contributed by atoms with E-state index < -0.39 is 0 Å². The van der Waals surface area contributed by atoms with Crippen molar-refractivity contribution in [1.29, 1.82) is 0 Å². The van der Waals surface area contributed by atoms with E-state index in [0.717, 1.165) is 49.2 Å². The lowest BCUT2D eigenvalue weighted by Gasteiger charge is -2.20. The smallest absolute Gasteiger partial charge is 0.220 e. The third-order valence-electron chi connectivity index (χ3n) is 4.93. The van der Waals surface area contributed by atoms with Crippen molar-refractivity contribution in [3.63, 3.8) is 0 Å². The van der Waals surface area contributed by atoms with Crippen molar-refractivity contribution in [2.45, 2.75) is 71.4 Å². The van der Waals surface area contributed by atoms with E-state index in [0.29, 0.717) is 25.6 Å². The van der Waals surface area contributed by atoms with Crippen LogP contribution in [0, 0.1) is 5.92 Å².